The van der Waals surface area contributed by atoms with Crippen LogP contribution in [0.3, 0.4) is 0 Å². The van der Waals surface area contributed by atoms with E-state index in [9.17, 15) is 0 Å². The summed E-state index contributed by atoms with van der Waals surface area (Å²) in [7, 11) is 2.15. The van der Waals surface area contributed by atoms with Crippen molar-refractivity contribution >= 4 is 11.3 Å². The molecule has 0 aromatic carbocycles. The van der Waals surface area contributed by atoms with Crippen molar-refractivity contribution in [1.29, 1.82) is 0 Å². The highest BCUT2D eigenvalue weighted by atomic mass is 32.1. The van der Waals surface area contributed by atoms with Gasteiger partial charge in [0.15, 0.2) is 0 Å². The second kappa shape index (κ2) is 7.23. The minimum atomic E-state index is 0.216. The van der Waals surface area contributed by atoms with Crippen LogP contribution in [-0.4, -0.2) is 38.3 Å². The normalized spacial score (nSPS) is 17.4. The lowest BCUT2D eigenvalue weighted by Crippen LogP contribution is -2.32. The van der Waals surface area contributed by atoms with E-state index < -0.39 is 0 Å². The molecule has 1 aromatic heterocycles. The Morgan fingerprint density at radius 3 is 2.62 bits per heavy atom. The first kappa shape index (κ1) is 16.9. The third-order valence-corrected chi connectivity index (χ3v) is 5.70. The summed E-state index contributed by atoms with van der Waals surface area (Å²) in [6.07, 6.45) is 2.71. The number of nitrogens with zero attached hydrogens (tertiary/aromatic N) is 1. The summed E-state index contributed by atoms with van der Waals surface area (Å²) in [4.78, 5) is 5.12. The molecular formula is C17H30N2OS. The van der Waals surface area contributed by atoms with Crippen LogP contribution in [-0.2, 0) is 10.2 Å². The number of likely N-dealkylation sites (N-methyl/N-ethyl adjacent to an activating group) is 1. The topological polar surface area (TPSA) is 38.5 Å². The van der Waals surface area contributed by atoms with E-state index in [0.29, 0.717) is 12.6 Å². The van der Waals surface area contributed by atoms with Gasteiger partial charge in [0.05, 0.1) is 12.6 Å². The van der Waals surface area contributed by atoms with Gasteiger partial charge >= 0.3 is 0 Å². The molecule has 2 N–H and O–H groups in total. The van der Waals surface area contributed by atoms with Crippen molar-refractivity contribution < 1.29 is 4.74 Å². The monoisotopic (exact) mass is 310 g/mol. The number of hydrogen-bond acceptors (Lipinski definition) is 4. The Balaban J connectivity index is 1.86. The second-order valence-corrected chi connectivity index (χ2v) is 8.32. The van der Waals surface area contributed by atoms with Crippen LogP contribution in [0.25, 0.3) is 0 Å². The third kappa shape index (κ3) is 5.06. The predicted molar refractivity (Wildman–Crippen MR) is 91.0 cm³/mol. The molecule has 1 aliphatic rings. The summed E-state index contributed by atoms with van der Waals surface area (Å²) >= 11 is 1.89. The maximum atomic E-state index is 6.01. The van der Waals surface area contributed by atoms with Crippen molar-refractivity contribution in [3.63, 3.8) is 0 Å². The van der Waals surface area contributed by atoms with Crippen molar-refractivity contribution in [2.45, 2.75) is 45.1 Å². The van der Waals surface area contributed by atoms with Gasteiger partial charge in [0, 0.05) is 29.5 Å². The van der Waals surface area contributed by atoms with E-state index in [1.165, 1.54) is 22.6 Å². The zero-order valence-electron chi connectivity index (χ0n) is 13.9. The summed E-state index contributed by atoms with van der Waals surface area (Å²) < 4.78 is 5.74. The average Bonchev–Trinajstić information content (AvgIpc) is 3.10. The molecule has 0 saturated heterocycles. The molecule has 21 heavy (non-hydrogen) atoms. The molecule has 0 spiro atoms. The fourth-order valence-electron chi connectivity index (χ4n) is 2.35. The zero-order valence-corrected chi connectivity index (χ0v) is 14.7. The van der Waals surface area contributed by atoms with Crippen LogP contribution < -0.4 is 5.73 Å². The Hall–Kier alpha value is -0.420. The first-order chi connectivity index (χ1) is 9.91. The number of nitrogens with two attached hydrogens (primary N) is 1. The lowest BCUT2D eigenvalue weighted by Gasteiger charge is -2.26. The van der Waals surface area contributed by atoms with Crippen molar-refractivity contribution in [2.24, 2.45) is 11.7 Å². The minimum absolute atomic E-state index is 0.216. The van der Waals surface area contributed by atoms with Crippen LogP contribution in [0, 0.1) is 5.92 Å². The Morgan fingerprint density at radius 2 is 2.10 bits per heavy atom. The first-order valence-electron chi connectivity index (χ1n) is 8.00. The van der Waals surface area contributed by atoms with Crippen LogP contribution >= 0.6 is 11.3 Å². The highest BCUT2D eigenvalue weighted by Crippen LogP contribution is 2.33. The van der Waals surface area contributed by atoms with E-state index in [0.717, 1.165) is 25.7 Å². The SMILES string of the molecule is CN(CCOCC1CC1)C(CN)c1ccc(C(C)(C)C)s1. The van der Waals surface area contributed by atoms with Gasteiger partial charge in [-0.1, -0.05) is 20.8 Å². The lowest BCUT2D eigenvalue weighted by atomic mass is 9.95. The Morgan fingerprint density at radius 1 is 1.38 bits per heavy atom. The molecule has 1 aliphatic carbocycles. The fourth-order valence-corrected chi connectivity index (χ4v) is 3.59. The maximum Gasteiger partial charge on any atom is 0.0593 e. The van der Waals surface area contributed by atoms with E-state index in [1.807, 2.05) is 11.3 Å². The Bertz CT molecular complexity index is 434. The molecule has 1 saturated carbocycles. The van der Waals surface area contributed by atoms with Crippen LogP contribution in [0.1, 0.15) is 49.4 Å². The van der Waals surface area contributed by atoms with E-state index in [1.54, 1.807) is 0 Å². The predicted octanol–water partition coefficient (Wildman–Crippen LogP) is 3.40. The molecule has 1 aromatic rings. The van der Waals surface area contributed by atoms with E-state index in [4.69, 9.17) is 10.5 Å². The van der Waals surface area contributed by atoms with Crippen molar-refractivity contribution in [3.8, 4) is 0 Å². The average molecular weight is 311 g/mol. The smallest absolute Gasteiger partial charge is 0.0593 e. The van der Waals surface area contributed by atoms with E-state index in [-0.39, 0.29) is 5.41 Å². The molecule has 2 rings (SSSR count). The van der Waals surface area contributed by atoms with Gasteiger partial charge < -0.3 is 10.5 Å². The number of rotatable bonds is 8. The van der Waals surface area contributed by atoms with Gasteiger partial charge in [-0.25, -0.2) is 0 Å². The highest BCUT2D eigenvalue weighted by molar-refractivity contribution is 7.12. The number of ether oxygens (including phenoxy) is 1. The standard InChI is InChI=1S/C17H30N2OS/c1-17(2,3)16-8-7-15(21-16)14(11-18)19(4)9-10-20-12-13-5-6-13/h7-8,13-14H,5-6,9-12,18H2,1-4H3. The lowest BCUT2D eigenvalue weighted by molar-refractivity contribution is 0.0927. The Kier molecular flexibility index (Phi) is 5.83. The first-order valence-corrected chi connectivity index (χ1v) is 8.81. The van der Waals surface area contributed by atoms with Crippen molar-refractivity contribution in [2.75, 3.05) is 33.4 Å². The van der Waals surface area contributed by atoms with Gasteiger partial charge in [0.25, 0.3) is 0 Å². The van der Waals surface area contributed by atoms with Crippen LogP contribution in [0.15, 0.2) is 12.1 Å². The minimum Gasteiger partial charge on any atom is -0.380 e. The largest absolute Gasteiger partial charge is 0.380 e. The summed E-state index contributed by atoms with van der Waals surface area (Å²) in [5.41, 5.74) is 6.23. The third-order valence-electron chi connectivity index (χ3n) is 4.09. The zero-order chi connectivity index (χ0) is 15.5. The molecule has 1 heterocycles. The number of thiophene rings is 1. The highest BCUT2D eigenvalue weighted by Gasteiger charge is 2.23. The van der Waals surface area contributed by atoms with E-state index in [2.05, 4.69) is 44.9 Å². The molecule has 4 heteroatoms. The van der Waals surface area contributed by atoms with Gasteiger partial charge in [-0.15, -0.1) is 11.3 Å². The summed E-state index contributed by atoms with van der Waals surface area (Å²) in [6, 6.07) is 4.79. The molecular weight excluding hydrogens is 280 g/mol. The fraction of sp³-hybridized carbons (Fsp3) is 0.765. The van der Waals surface area contributed by atoms with Gasteiger partial charge in [0.2, 0.25) is 0 Å². The van der Waals surface area contributed by atoms with Crippen LogP contribution in [0.2, 0.25) is 0 Å². The van der Waals surface area contributed by atoms with Gasteiger partial charge in [-0.2, -0.15) is 0 Å². The van der Waals surface area contributed by atoms with Crippen molar-refractivity contribution in [3.05, 3.63) is 21.9 Å². The van der Waals surface area contributed by atoms with Gasteiger partial charge in [0.1, 0.15) is 0 Å². The second-order valence-electron chi connectivity index (χ2n) is 7.20. The molecule has 0 bridgehead atoms. The van der Waals surface area contributed by atoms with Crippen LogP contribution in [0.5, 0.6) is 0 Å². The maximum absolute atomic E-state index is 6.01. The summed E-state index contributed by atoms with van der Waals surface area (Å²) in [6.45, 7) is 10.1. The quantitative estimate of drug-likeness (QED) is 0.748. The summed E-state index contributed by atoms with van der Waals surface area (Å²) in [5, 5.41) is 0. The van der Waals surface area contributed by atoms with Crippen molar-refractivity contribution in [1.82, 2.24) is 4.90 Å². The Labute approximate surface area is 133 Å². The molecule has 1 atom stereocenters. The number of hydrogen-bond donors (Lipinski definition) is 1. The van der Waals surface area contributed by atoms with E-state index >= 15 is 0 Å². The van der Waals surface area contributed by atoms with Gasteiger partial charge in [-0.05, 0) is 43.4 Å². The molecule has 0 radical (unpaired) electrons. The molecule has 0 amide bonds. The molecule has 3 nitrogen and oxygen atoms in total. The molecule has 1 unspecified atom stereocenters. The molecule has 120 valence electrons. The summed E-state index contributed by atoms with van der Waals surface area (Å²) in [5.74, 6) is 0.840. The molecule has 1 fully saturated rings. The van der Waals surface area contributed by atoms with Gasteiger partial charge in [-0.3, -0.25) is 4.90 Å². The molecule has 0 aliphatic heterocycles. The van der Waals surface area contributed by atoms with Crippen LogP contribution in [0.4, 0.5) is 0 Å².